The highest BCUT2D eigenvalue weighted by atomic mass is 79.9. The second-order valence-electron chi connectivity index (χ2n) is 5.24. The van der Waals surface area contributed by atoms with Crippen LogP contribution in [-0.4, -0.2) is 48.7 Å². The standard InChI is InChI=1S/C18H18BrNO5/c1-20(10-11-24-16-8-4-14(19)5-9-16)17(22)12-25-18(23)13-2-6-15(21)7-3-13/h2-9,21H,10-12H2,1H3. The van der Waals surface area contributed by atoms with E-state index in [1.54, 1.807) is 7.05 Å². The molecule has 0 aliphatic heterocycles. The van der Waals surface area contributed by atoms with E-state index >= 15 is 0 Å². The van der Waals surface area contributed by atoms with E-state index < -0.39 is 5.97 Å². The van der Waals surface area contributed by atoms with E-state index in [1.165, 1.54) is 29.2 Å². The number of rotatable bonds is 7. The van der Waals surface area contributed by atoms with Crippen molar-refractivity contribution < 1.29 is 24.2 Å². The second kappa shape index (κ2) is 9.08. The molecule has 132 valence electrons. The number of halogens is 1. The lowest BCUT2D eigenvalue weighted by Gasteiger charge is -2.17. The van der Waals surface area contributed by atoms with Crippen LogP contribution in [0.25, 0.3) is 0 Å². The Morgan fingerprint density at radius 2 is 1.72 bits per heavy atom. The summed E-state index contributed by atoms with van der Waals surface area (Å²) >= 11 is 3.34. The zero-order valence-corrected chi connectivity index (χ0v) is 15.2. The average Bonchev–Trinajstić information content (AvgIpc) is 2.61. The Hall–Kier alpha value is -2.54. The van der Waals surface area contributed by atoms with E-state index in [9.17, 15) is 14.7 Å². The molecule has 0 fully saturated rings. The van der Waals surface area contributed by atoms with Crippen molar-refractivity contribution >= 4 is 27.8 Å². The van der Waals surface area contributed by atoms with Gasteiger partial charge < -0.3 is 19.5 Å². The number of likely N-dealkylation sites (N-methyl/N-ethyl adjacent to an activating group) is 1. The zero-order valence-electron chi connectivity index (χ0n) is 13.6. The summed E-state index contributed by atoms with van der Waals surface area (Å²) in [4.78, 5) is 25.2. The summed E-state index contributed by atoms with van der Waals surface area (Å²) in [7, 11) is 1.61. The highest BCUT2D eigenvalue weighted by Gasteiger charge is 2.13. The molecule has 2 aromatic carbocycles. The normalized spacial score (nSPS) is 10.2. The number of esters is 1. The maximum absolute atomic E-state index is 12.0. The molecule has 1 N–H and O–H groups in total. The summed E-state index contributed by atoms with van der Waals surface area (Å²) in [5.41, 5.74) is 0.270. The van der Waals surface area contributed by atoms with Gasteiger partial charge in [-0.25, -0.2) is 4.79 Å². The van der Waals surface area contributed by atoms with E-state index in [-0.39, 0.29) is 23.8 Å². The van der Waals surface area contributed by atoms with Gasteiger partial charge in [0, 0.05) is 11.5 Å². The van der Waals surface area contributed by atoms with Gasteiger partial charge in [-0.3, -0.25) is 4.79 Å². The number of phenolic OH excluding ortho intramolecular Hbond substituents is 1. The quantitative estimate of drug-likeness (QED) is 0.714. The monoisotopic (exact) mass is 407 g/mol. The van der Waals surface area contributed by atoms with Crippen LogP contribution in [0.1, 0.15) is 10.4 Å². The highest BCUT2D eigenvalue weighted by Crippen LogP contribution is 2.16. The van der Waals surface area contributed by atoms with Crippen molar-refractivity contribution in [3.05, 3.63) is 58.6 Å². The first-order chi connectivity index (χ1) is 12.0. The molecular formula is C18H18BrNO5. The van der Waals surface area contributed by atoms with Gasteiger partial charge in [-0.05, 0) is 48.5 Å². The fourth-order valence-electron chi connectivity index (χ4n) is 1.87. The Bertz CT molecular complexity index is 715. The maximum Gasteiger partial charge on any atom is 0.338 e. The smallest absolute Gasteiger partial charge is 0.338 e. The van der Waals surface area contributed by atoms with Crippen LogP contribution in [0.5, 0.6) is 11.5 Å². The lowest BCUT2D eigenvalue weighted by Crippen LogP contribution is -2.34. The van der Waals surface area contributed by atoms with Crippen molar-refractivity contribution in [1.82, 2.24) is 4.90 Å². The van der Waals surface area contributed by atoms with Gasteiger partial charge in [0.2, 0.25) is 0 Å². The summed E-state index contributed by atoms with van der Waals surface area (Å²) in [6, 6.07) is 13.0. The van der Waals surface area contributed by atoms with E-state index in [0.29, 0.717) is 18.9 Å². The van der Waals surface area contributed by atoms with Crippen molar-refractivity contribution in [2.24, 2.45) is 0 Å². The Labute approximate surface area is 154 Å². The summed E-state index contributed by atoms with van der Waals surface area (Å²) in [5.74, 6) is -0.180. The molecule has 25 heavy (non-hydrogen) atoms. The molecule has 0 radical (unpaired) electrons. The number of nitrogens with zero attached hydrogens (tertiary/aromatic N) is 1. The Morgan fingerprint density at radius 3 is 2.36 bits per heavy atom. The average molecular weight is 408 g/mol. The van der Waals surface area contributed by atoms with Crippen LogP contribution >= 0.6 is 15.9 Å². The Kier molecular flexibility index (Phi) is 6.82. The fraction of sp³-hybridized carbons (Fsp3) is 0.222. The third-order valence-electron chi connectivity index (χ3n) is 3.36. The van der Waals surface area contributed by atoms with Gasteiger partial charge in [-0.15, -0.1) is 0 Å². The van der Waals surface area contributed by atoms with Crippen LogP contribution in [0.15, 0.2) is 53.0 Å². The third kappa shape index (κ3) is 6.11. The lowest BCUT2D eigenvalue weighted by atomic mass is 10.2. The molecule has 1 amide bonds. The van der Waals surface area contributed by atoms with Crippen LogP contribution in [0.3, 0.4) is 0 Å². The number of carbonyl (C=O) groups excluding carboxylic acids is 2. The molecule has 0 saturated heterocycles. The van der Waals surface area contributed by atoms with Gasteiger partial charge >= 0.3 is 5.97 Å². The lowest BCUT2D eigenvalue weighted by molar-refractivity contribution is -0.133. The minimum Gasteiger partial charge on any atom is -0.508 e. The highest BCUT2D eigenvalue weighted by molar-refractivity contribution is 9.10. The van der Waals surface area contributed by atoms with Crippen LogP contribution in [0, 0.1) is 0 Å². The zero-order chi connectivity index (χ0) is 18.2. The number of benzene rings is 2. The van der Waals surface area contributed by atoms with Crippen molar-refractivity contribution in [3.63, 3.8) is 0 Å². The maximum atomic E-state index is 12.0. The first kappa shape index (κ1) is 18.8. The molecule has 6 nitrogen and oxygen atoms in total. The Morgan fingerprint density at radius 1 is 1.08 bits per heavy atom. The largest absolute Gasteiger partial charge is 0.508 e. The predicted octanol–water partition coefficient (Wildman–Crippen LogP) is 2.85. The topological polar surface area (TPSA) is 76.1 Å². The summed E-state index contributed by atoms with van der Waals surface area (Å²) in [6.45, 7) is 0.343. The van der Waals surface area contributed by atoms with Gasteiger partial charge in [0.05, 0.1) is 12.1 Å². The number of carbonyl (C=O) groups is 2. The van der Waals surface area contributed by atoms with Crippen LogP contribution < -0.4 is 4.74 Å². The van der Waals surface area contributed by atoms with Crippen molar-refractivity contribution in [1.29, 1.82) is 0 Å². The van der Waals surface area contributed by atoms with Crippen molar-refractivity contribution in [3.8, 4) is 11.5 Å². The molecule has 0 atom stereocenters. The molecule has 0 saturated carbocycles. The van der Waals surface area contributed by atoms with E-state index in [1.807, 2.05) is 24.3 Å². The molecular weight excluding hydrogens is 390 g/mol. The molecule has 2 aromatic rings. The van der Waals surface area contributed by atoms with E-state index in [0.717, 1.165) is 4.47 Å². The molecule has 0 unspecified atom stereocenters. The number of phenols is 1. The molecule has 2 rings (SSSR count). The first-order valence-electron chi connectivity index (χ1n) is 7.54. The number of hydrogen-bond donors (Lipinski definition) is 1. The van der Waals surface area contributed by atoms with Crippen LogP contribution in [0.4, 0.5) is 0 Å². The van der Waals surface area contributed by atoms with Crippen molar-refractivity contribution in [2.45, 2.75) is 0 Å². The molecule has 7 heteroatoms. The predicted molar refractivity (Wildman–Crippen MR) is 95.7 cm³/mol. The van der Waals surface area contributed by atoms with Gasteiger partial charge in [-0.2, -0.15) is 0 Å². The molecule has 0 bridgehead atoms. The molecule has 0 aromatic heterocycles. The van der Waals surface area contributed by atoms with E-state index in [2.05, 4.69) is 15.9 Å². The molecule has 0 aliphatic carbocycles. The van der Waals surface area contributed by atoms with Crippen LogP contribution in [0.2, 0.25) is 0 Å². The second-order valence-corrected chi connectivity index (χ2v) is 6.16. The minimum absolute atomic E-state index is 0.0538. The third-order valence-corrected chi connectivity index (χ3v) is 3.89. The number of amides is 1. The molecule has 0 heterocycles. The van der Waals surface area contributed by atoms with E-state index in [4.69, 9.17) is 9.47 Å². The van der Waals surface area contributed by atoms with Gasteiger partial charge in [0.15, 0.2) is 6.61 Å². The minimum atomic E-state index is -0.618. The number of ether oxygens (including phenoxy) is 2. The number of hydrogen-bond acceptors (Lipinski definition) is 5. The summed E-state index contributed by atoms with van der Waals surface area (Å²) in [5, 5.41) is 9.18. The summed E-state index contributed by atoms with van der Waals surface area (Å²) < 4.78 is 11.5. The Balaban J connectivity index is 1.71. The fourth-order valence-corrected chi connectivity index (χ4v) is 2.14. The summed E-state index contributed by atoms with van der Waals surface area (Å²) in [6.07, 6.45) is 0. The van der Waals surface area contributed by atoms with Crippen LogP contribution in [-0.2, 0) is 9.53 Å². The van der Waals surface area contributed by atoms with Gasteiger partial charge in [0.1, 0.15) is 18.1 Å². The first-order valence-corrected chi connectivity index (χ1v) is 8.33. The number of aromatic hydroxyl groups is 1. The SMILES string of the molecule is CN(CCOc1ccc(Br)cc1)C(=O)COC(=O)c1ccc(O)cc1. The molecule has 0 spiro atoms. The molecule has 0 aliphatic rings. The van der Waals surface area contributed by atoms with Gasteiger partial charge in [-0.1, -0.05) is 15.9 Å². The van der Waals surface area contributed by atoms with Gasteiger partial charge in [0.25, 0.3) is 5.91 Å². The van der Waals surface area contributed by atoms with Crippen molar-refractivity contribution in [2.75, 3.05) is 26.8 Å².